The van der Waals surface area contributed by atoms with E-state index < -0.39 is 17.9 Å². The van der Waals surface area contributed by atoms with Crippen molar-refractivity contribution in [1.29, 1.82) is 0 Å². The fourth-order valence-corrected chi connectivity index (χ4v) is 1.56. The predicted octanol–water partition coefficient (Wildman–Crippen LogP) is -0.193. The normalized spacial score (nSPS) is 8.11. The minimum atomic E-state index is -0.932. The summed E-state index contributed by atoms with van der Waals surface area (Å²) in [5.74, 6) is -2.80. The maximum Gasteiger partial charge on any atom is 1.00 e. The number of carbonyl (C=O) groups excluding carboxylic acids is 3. The van der Waals surface area contributed by atoms with Crippen LogP contribution in [0.3, 0.4) is 0 Å². The van der Waals surface area contributed by atoms with Gasteiger partial charge in [-0.15, -0.1) is 0 Å². The minimum Gasteiger partial charge on any atom is -0.550 e. The Balaban J connectivity index is -0.0000000580. The van der Waals surface area contributed by atoms with Gasteiger partial charge in [0, 0.05) is 17.9 Å². The van der Waals surface area contributed by atoms with Gasteiger partial charge in [0.1, 0.15) is 0 Å². The summed E-state index contributed by atoms with van der Waals surface area (Å²) < 4.78 is 0. The number of hydrogen-bond acceptors (Lipinski definition) is 6. The molecule has 0 fully saturated rings. The minimum absolute atomic E-state index is 0. The van der Waals surface area contributed by atoms with E-state index in [0.29, 0.717) is 0 Å². The molecule has 0 spiro atoms. The second-order valence-corrected chi connectivity index (χ2v) is 5.49. The summed E-state index contributed by atoms with van der Waals surface area (Å²) in [6, 6.07) is 0. The van der Waals surface area contributed by atoms with E-state index in [1.54, 1.807) is 0 Å². The first kappa shape index (κ1) is 42.3. The maximum absolute atomic E-state index is 9.76. The molecule has 0 saturated carbocycles. The fourth-order valence-electron chi connectivity index (χ4n) is 1.56. The van der Waals surface area contributed by atoms with E-state index in [4.69, 9.17) is 0 Å². The van der Waals surface area contributed by atoms with Crippen LogP contribution in [0.25, 0.3) is 0 Å². The van der Waals surface area contributed by atoms with Gasteiger partial charge in [-0.05, 0) is 38.5 Å². The third-order valence-corrected chi connectivity index (χ3v) is 2.95. The average molecular weight is 959 g/mol. The molecule has 0 radical (unpaired) electrons. The molecule has 0 amide bonds. The number of carboxylic acids is 3. The first-order chi connectivity index (χ1) is 11.3. The van der Waals surface area contributed by atoms with Crippen molar-refractivity contribution in [2.75, 3.05) is 0 Å². The molecule has 0 heterocycles. The van der Waals surface area contributed by atoms with Gasteiger partial charge in [0.25, 0.3) is 0 Å². The second kappa shape index (κ2) is 37.9. The molecule has 27 heavy (non-hydrogen) atoms. The van der Waals surface area contributed by atoms with Crippen LogP contribution in [-0.2, 0) is 14.4 Å². The van der Waals surface area contributed by atoms with Gasteiger partial charge in [-0.25, -0.2) is 0 Å². The average Bonchev–Trinajstić information content (AvgIpc) is 2.48. The topological polar surface area (TPSA) is 120 Å². The van der Waals surface area contributed by atoms with Crippen LogP contribution in [0.1, 0.15) is 97.8 Å². The molecular weight excluding hydrogens is 925 g/mol. The predicted molar refractivity (Wildman–Crippen MR) is 105 cm³/mol. The van der Waals surface area contributed by atoms with Crippen LogP contribution in [0.2, 0.25) is 0 Å². The Bertz CT molecular complexity index is 268. The van der Waals surface area contributed by atoms with Crippen LogP contribution in [0, 0.1) is 0 Å². The van der Waals surface area contributed by atoms with E-state index in [-0.39, 0.29) is 101 Å². The van der Waals surface area contributed by atoms with Crippen LogP contribution in [0.4, 0.5) is 0 Å². The SMILES string of the molecule is CCCCCC(=O)[O-].CCCCCC(=O)[O-].CCCCCC(=O)[O-].[Tl+].[Tl+].[Tl+]. The molecule has 0 aliphatic carbocycles. The van der Waals surface area contributed by atoms with E-state index in [9.17, 15) is 29.7 Å². The molecule has 0 aromatic carbocycles. The Morgan fingerprint density at radius 1 is 0.481 bits per heavy atom. The van der Waals surface area contributed by atoms with E-state index >= 15 is 0 Å². The summed E-state index contributed by atoms with van der Waals surface area (Å²) in [4.78, 5) is 29.3. The number of unbranched alkanes of at least 4 members (excludes halogenated alkanes) is 6. The molecule has 0 aromatic heterocycles. The van der Waals surface area contributed by atoms with Gasteiger partial charge in [-0.1, -0.05) is 59.3 Å². The van der Waals surface area contributed by atoms with Crippen molar-refractivity contribution in [1.82, 2.24) is 0 Å². The van der Waals surface area contributed by atoms with Gasteiger partial charge in [0.05, 0.1) is 0 Å². The van der Waals surface area contributed by atoms with Crippen molar-refractivity contribution in [2.24, 2.45) is 0 Å². The van der Waals surface area contributed by atoms with E-state index in [1.165, 1.54) is 0 Å². The molecule has 0 unspecified atom stereocenters. The molecule has 0 bridgehead atoms. The zero-order valence-electron chi connectivity index (χ0n) is 17.2. The number of aliphatic carboxylic acids is 3. The fraction of sp³-hybridized carbons (Fsp3) is 0.833. The van der Waals surface area contributed by atoms with Crippen molar-refractivity contribution in [3.8, 4) is 0 Å². The summed E-state index contributed by atoms with van der Waals surface area (Å²) in [6.07, 6.45) is 9.11. The molecule has 0 saturated heterocycles. The molecule has 9 heteroatoms. The molecule has 0 N–H and O–H groups in total. The molecule has 0 atom stereocenters. The Hall–Kier alpha value is 1.18. The number of carbonyl (C=O) groups is 3. The van der Waals surface area contributed by atoms with Gasteiger partial charge < -0.3 is 29.7 Å². The van der Waals surface area contributed by atoms with Gasteiger partial charge in [0.2, 0.25) is 0 Å². The van der Waals surface area contributed by atoms with E-state index in [2.05, 4.69) is 0 Å². The first-order valence-electron chi connectivity index (χ1n) is 8.91. The third kappa shape index (κ3) is 65.8. The van der Waals surface area contributed by atoms with Gasteiger partial charge in [0.15, 0.2) is 0 Å². The van der Waals surface area contributed by atoms with Gasteiger partial charge in [-0.3, -0.25) is 0 Å². The smallest absolute Gasteiger partial charge is 0.550 e. The summed E-state index contributed by atoms with van der Waals surface area (Å²) in [6.45, 7) is 6.11. The summed E-state index contributed by atoms with van der Waals surface area (Å²) in [5.41, 5.74) is 0. The number of hydrogen-bond donors (Lipinski definition) is 0. The maximum atomic E-state index is 9.76. The molecule has 0 aliphatic heterocycles. The molecule has 150 valence electrons. The monoisotopic (exact) mass is 960 g/mol. The van der Waals surface area contributed by atoms with Crippen molar-refractivity contribution >= 4 is 99.8 Å². The van der Waals surface area contributed by atoms with Crippen LogP contribution >= 0.6 is 0 Å². The van der Waals surface area contributed by atoms with Crippen molar-refractivity contribution in [3.05, 3.63) is 0 Å². The Labute approximate surface area is 225 Å². The van der Waals surface area contributed by atoms with Gasteiger partial charge >= 0.3 is 81.9 Å². The van der Waals surface area contributed by atoms with Crippen LogP contribution in [-0.4, -0.2) is 99.8 Å². The zero-order valence-corrected chi connectivity index (χ0v) is 30.6. The van der Waals surface area contributed by atoms with Crippen molar-refractivity contribution in [3.63, 3.8) is 0 Å². The molecule has 0 aliphatic rings. The molecule has 6 nitrogen and oxygen atoms in total. The summed E-state index contributed by atoms with van der Waals surface area (Å²) in [7, 11) is 0. The third-order valence-electron chi connectivity index (χ3n) is 2.95. The number of carboxylic acid groups (broad SMARTS) is 3. The quantitative estimate of drug-likeness (QED) is 0.198. The number of rotatable bonds is 12. The Morgan fingerprint density at radius 3 is 0.778 bits per heavy atom. The Kier molecular flexibility index (Phi) is 59.3. The molecule has 0 aromatic rings. The van der Waals surface area contributed by atoms with Crippen LogP contribution in [0.5, 0.6) is 0 Å². The van der Waals surface area contributed by atoms with Gasteiger partial charge in [-0.2, -0.15) is 0 Å². The summed E-state index contributed by atoms with van der Waals surface area (Å²) >= 11 is 0. The second-order valence-electron chi connectivity index (χ2n) is 5.49. The summed E-state index contributed by atoms with van der Waals surface area (Å²) in [5, 5.41) is 29.3. The largest absolute Gasteiger partial charge is 1.00 e. The molecular formula is C18H33O6Tl3. The van der Waals surface area contributed by atoms with Crippen molar-refractivity contribution < 1.29 is 29.7 Å². The van der Waals surface area contributed by atoms with Crippen LogP contribution < -0.4 is 15.3 Å². The first-order valence-corrected chi connectivity index (χ1v) is 8.91. The van der Waals surface area contributed by atoms with E-state index in [0.717, 1.165) is 57.8 Å². The van der Waals surface area contributed by atoms with Crippen LogP contribution in [0.15, 0.2) is 0 Å². The van der Waals surface area contributed by atoms with E-state index in [1.807, 2.05) is 20.8 Å². The Morgan fingerprint density at radius 2 is 0.667 bits per heavy atom. The molecule has 0 rings (SSSR count). The standard InChI is InChI=1S/3C6H12O2.3Tl/c3*1-2-3-4-5-6(7)8;;;/h3*2-5H2,1H3,(H,7,8);;;/q;;;3*+1/p-3. The van der Waals surface area contributed by atoms with Crippen molar-refractivity contribution in [2.45, 2.75) is 97.8 Å². The zero-order chi connectivity index (χ0) is 19.2.